The molecule has 98 valence electrons. The summed E-state index contributed by atoms with van der Waals surface area (Å²) in [6.07, 6.45) is 11.6. The second kappa shape index (κ2) is 4.41. The zero-order valence-electron chi connectivity index (χ0n) is 11.1. The summed E-state index contributed by atoms with van der Waals surface area (Å²) in [6.45, 7) is 0. The van der Waals surface area contributed by atoms with E-state index in [0.29, 0.717) is 6.04 Å². The number of hydrogen-bond acceptors (Lipinski definition) is 2. The molecule has 1 fully saturated rings. The van der Waals surface area contributed by atoms with Gasteiger partial charge < -0.3 is 9.88 Å². The zero-order valence-corrected chi connectivity index (χ0v) is 11.1. The van der Waals surface area contributed by atoms with E-state index in [4.69, 9.17) is 0 Å². The number of fused-ring (bicyclic) bond motifs is 1. The molecule has 2 aliphatic rings. The molecule has 19 heavy (non-hydrogen) atoms. The standard InChI is InChI=1S/C16H19N3/c1-2-6-14-12(4-1)5-3-7-15(14)18-16-17-10-11-19(16)13-8-9-13/h3,5,7,10-11,13H,1-2,4,6,8-9H2,(H,17,18). The van der Waals surface area contributed by atoms with Crippen molar-refractivity contribution < 1.29 is 0 Å². The van der Waals surface area contributed by atoms with Crippen molar-refractivity contribution in [2.24, 2.45) is 0 Å². The Morgan fingerprint density at radius 3 is 2.95 bits per heavy atom. The number of anilines is 2. The van der Waals surface area contributed by atoms with Gasteiger partial charge in [-0.05, 0) is 55.7 Å². The third kappa shape index (κ3) is 2.03. The van der Waals surface area contributed by atoms with Crippen molar-refractivity contribution in [2.45, 2.75) is 44.6 Å². The lowest BCUT2D eigenvalue weighted by atomic mass is 9.90. The average Bonchev–Trinajstić information content (AvgIpc) is 3.20. The fourth-order valence-corrected chi connectivity index (χ4v) is 3.08. The van der Waals surface area contributed by atoms with E-state index in [9.17, 15) is 0 Å². The number of aromatic nitrogens is 2. The molecule has 0 saturated heterocycles. The normalized spacial score (nSPS) is 18.1. The quantitative estimate of drug-likeness (QED) is 0.900. The number of nitrogens with one attached hydrogen (secondary N) is 1. The monoisotopic (exact) mass is 253 g/mol. The van der Waals surface area contributed by atoms with Crippen LogP contribution in [0, 0.1) is 0 Å². The lowest BCUT2D eigenvalue weighted by Crippen LogP contribution is -2.08. The molecule has 0 amide bonds. The first kappa shape index (κ1) is 11.1. The first-order valence-corrected chi connectivity index (χ1v) is 7.32. The molecular weight excluding hydrogens is 234 g/mol. The summed E-state index contributed by atoms with van der Waals surface area (Å²) in [5, 5.41) is 3.55. The van der Waals surface area contributed by atoms with E-state index >= 15 is 0 Å². The maximum Gasteiger partial charge on any atom is 0.207 e. The molecule has 0 radical (unpaired) electrons. The van der Waals surface area contributed by atoms with Gasteiger partial charge in [0.15, 0.2) is 0 Å². The van der Waals surface area contributed by atoms with E-state index < -0.39 is 0 Å². The molecule has 1 heterocycles. The van der Waals surface area contributed by atoms with E-state index in [1.807, 2.05) is 6.20 Å². The molecule has 2 aliphatic carbocycles. The van der Waals surface area contributed by atoms with Gasteiger partial charge in [-0.25, -0.2) is 4.98 Å². The summed E-state index contributed by atoms with van der Waals surface area (Å²) in [5.74, 6) is 1.00. The van der Waals surface area contributed by atoms with Gasteiger partial charge in [0.05, 0.1) is 0 Å². The maximum atomic E-state index is 4.47. The second-order valence-electron chi connectivity index (χ2n) is 5.66. The third-order valence-corrected chi connectivity index (χ3v) is 4.25. The molecule has 1 saturated carbocycles. The molecule has 0 atom stereocenters. The van der Waals surface area contributed by atoms with Gasteiger partial charge in [-0.1, -0.05) is 12.1 Å². The van der Waals surface area contributed by atoms with Crippen molar-refractivity contribution in [1.29, 1.82) is 0 Å². The molecule has 1 N–H and O–H groups in total. The van der Waals surface area contributed by atoms with Crippen LogP contribution in [0.3, 0.4) is 0 Å². The minimum absolute atomic E-state index is 0.671. The minimum Gasteiger partial charge on any atom is -0.325 e. The Balaban J connectivity index is 1.67. The predicted octanol–water partition coefficient (Wildman–Crippen LogP) is 3.84. The SMILES string of the molecule is c1cc2c(c(Nc3nccn3C3CC3)c1)CCCC2. The topological polar surface area (TPSA) is 29.9 Å². The van der Waals surface area contributed by atoms with Gasteiger partial charge in [0.2, 0.25) is 5.95 Å². The molecule has 3 nitrogen and oxygen atoms in total. The maximum absolute atomic E-state index is 4.47. The van der Waals surface area contributed by atoms with Gasteiger partial charge in [-0.3, -0.25) is 0 Å². The van der Waals surface area contributed by atoms with E-state index in [-0.39, 0.29) is 0 Å². The van der Waals surface area contributed by atoms with Gasteiger partial charge in [0, 0.05) is 24.1 Å². The summed E-state index contributed by atoms with van der Waals surface area (Å²) < 4.78 is 2.28. The molecule has 0 aliphatic heterocycles. The van der Waals surface area contributed by atoms with E-state index in [2.05, 4.69) is 39.3 Å². The molecule has 1 aromatic heterocycles. The fourth-order valence-electron chi connectivity index (χ4n) is 3.08. The summed E-state index contributed by atoms with van der Waals surface area (Å²) in [4.78, 5) is 4.47. The van der Waals surface area contributed by atoms with Crippen LogP contribution in [0.1, 0.15) is 42.9 Å². The Bertz CT molecular complexity index is 596. The molecule has 3 heteroatoms. The molecule has 0 bridgehead atoms. The molecule has 2 aromatic rings. The van der Waals surface area contributed by atoms with Gasteiger partial charge >= 0.3 is 0 Å². The minimum atomic E-state index is 0.671. The smallest absolute Gasteiger partial charge is 0.207 e. The Morgan fingerprint density at radius 2 is 2.05 bits per heavy atom. The number of hydrogen-bond donors (Lipinski definition) is 1. The number of rotatable bonds is 3. The van der Waals surface area contributed by atoms with Crippen molar-refractivity contribution in [1.82, 2.24) is 9.55 Å². The highest BCUT2D eigenvalue weighted by Gasteiger charge is 2.25. The van der Waals surface area contributed by atoms with Crippen molar-refractivity contribution in [3.63, 3.8) is 0 Å². The molecule has 0 unspecified atom stereocenters. The van der Waals surface area contributed by atoms with Crippen molar-refractivity contribution in [3.8, 4) is 0 Å². The Kier molecular flexibility index (Phi) is 2.57. The molecule has 0 spiro atoms. The molecular formula is C16H19N3. The third-order valence-electron chi connectivity index (χ3n) is 4.25. The van der Waals surface area contributed by atoms with E-state index in [1.165, 1.54) is 55.3 Å². The Morgan fingerprint density at radius 1 is 1.16 bits per heavy atom. The van der Waals surface area contributed by atoms with E-state index in [1.54, 1.807) is 0 Å². The van der Waals surface area contributed by atoms with Crippen LogP contribution in [-0.4, -0.2) is 9.55 Å². The molecule has 1 aromatic carbocycles. The number of nitrogens with zero attached hydrogens (tertiary/aromatic N) is 2. The van der Waals surface area contributed by atoms with Crippen LogP contribution in [0.5, 0.6) is 0 Å². The average molecular weight is 253 g/mol. The first-order valence-electron chi connectivity index (χ1n) is 7.32. The van der Waals surface area contributed by atoms with Crippen molar-refractivity contribution >= 4 is 11.6 Å². The van der Waals surface area contributed by atoms with Crippen molar-refractivity contribution in [2.75, 3.05) is 5.32 Å². The summed E-state index contributed by atoms with van der Waals surface area (Å²) in [5.41, 5.74) is 4.27. The Labute approximate surface area is 113 Å². The van der Waals surface area contributed by atoms with Crippen LogP contribution >= 0.6 is 0 Å². The van der Waals surface area contributed by atoms with Gasteiger partial charge in [0.1, 0.15) is 0 Å². The van der Waals surface area contributed by atoms with Crippen LogP contribution in [0.25, 0.3) is 0 Å². The van der Waals surface area contributed by atoms with Gasteiger partial charge in [-0.2, -0.15) is 0 Å². The molecule has 4 rings (SSSR count). The van der Waals surface area contributed by atoms with Crippen LogP contribution in [0.15, 0.2) is 30.6 Å². The van der Waals surface area contributed by atoms with Crippen LogP contribution in [0.4, 0.5) is 11.6 Å². The van der Waals surface area contributed by atoms with Crippen LogP contribution < -0.4 is 5.32 Å². The largest absolute Gasteiger partial charge is 0.325 e. The first-order chi connectivity index (χ1) is 9.42. The highest BCUT2D eigenvalue weighted by Crippen LogP contribution is 2.38. The number of benzene rings is 1. The predicted molar refractivity (Wildman–Crippen MR) is 76.9 cm³/mol. The summed E-state index contributed by atoms with van der Waals surface area (Å²) in [6, 6.07) is 7.30. The second-order valence-corrected chi connectivity index (χ2v) is 5.66. The number of aryl methyl sites for hydroxylation is 1. The van der Waals surface area contributed by atoms with Gasteiger partial charge in [0.25, 0.3) is 0 Å². The van der Waals surface area contributed by atoms with Crippen LogP contribution in [-0.2, 0) is 12.8 Å². The highest BCUT2D eigenvalue weighted by molar-refractivity contribution is 5.61. The lowest BCUT2D eigenvalue weighted by molar-refractivity contribution is 0.686. The van der Waals surface area contributed by atoms with Crippen molar-refractivity contribution in [3.05, 3.63) is 41.7 Å². The van der Waals surface area contributed by atoms with E-state index in [0.717, 1.165) is 5.95 Å². The number of imidazole rings is 1. The summed E-state index contributed by atoms with van der Waals surface area (Å²) >= 11 is 0. The lowest BCUT2D eigenvalue weighted by Gasteiger charge is -2.20. The van der Waals surface area contributed by atoms with Gasteiger partial charge in [-0.15, -0.1) is 0 Å². The zero-order chi connectivity index (χ0) is 12.7. The Hall–Kier alpha value is -1.77. The van der Waals surface area contributed by atoms with Crippen LogP contribution in [0.2, 0.25) is 0 Å². The highest BCUT2D eigenvalue weighted by atomic mass is 15.2. The fraction of sp³-hybridized carbons (Fsp3) is 0.438. The summed E-state index contributed by atoms with van der Waals surface area (Å²) in [7, 11) is 0.